The summed E-state index contributed by atoms with van der Waals surface area (Å²) in [6.45, 7) is 2.19. The highest BCUT2D eigenvalue weighted by Gasteiger charge is 2.39. The molecule has 3 heterocycles. The molecule has 3 rings (SSSR count). The minimum absolute atomic E-state index is 0.120. The van der Waals surface area contributed by atoms with Gasteiger partial charge in [-0.1, -0.05) is 5.16 Å². The van der Waals surface area contributed by atoms with Gasteiger partial charge in [0.05, 0.1) is 16.7 Å². The quantitative estimate of drug-likeness (QED) is 0.834. The summed E-state index contributed by atoms with van der Waals surface area (Å²) in [4.78, 5) is 4.43. The van der Waals surface area contributed by atoms with Crippen molar-refractivity contribution >= 4 is 21.4 Å². The molecule has 6 nitrogen and oxygen atoms in total. The van der Waals surface area contributed by atoms with Gasteiger partial charge in [-0.15, -0.1) is 11.3 Å². The molecular weight excluding hydrogens is 355 g/mol. The van der Waals surface area contributed by atoms with Crippen LogP contribution >= 0.6 is 11.3 Å². The Morgan fingerprint density at radius 3 is 2.70 bits per heavy atom. The molecule has 0 aliphatic carbocycles. The highest BCUT2D eigenvalue weighted by Crippen LogP contribution is 2.36. The number of thiophene rings is 1. The van der Waals surface area contributed by atoms with E-state index in [9.17, 15) is 21.6 Å². The number of rotatable bonds is 3. The summed E-state index contributed by atoms with van der Waals surface area (Å²) in [5.74, 6) is -1.45. The van der Waals surface area contributed by atoms with E-state index >= 15 is 0 Å². The van der Waals surface area contributed by atoms with Gasteiger partial charge < -0.3 is 4.52 Å². The maximum Gasteiger partial charge on any atom is 0.471 e. The first kappa shape index (κ1) is 16.4. The van der Waals surface area contributed by atoms with E-state index in [1.807, 2.05) is 0 Å². The Morgan fingerprint density at radius 2 is 2.13 bits per heavy atom. The second-order valence-electron chi connectivity index (χ2n) is 5.08. The standard InChI is InChI=1S/C12H12F3N3O3S2/c1-7(18-5-2-6-23(18,19)20)8-3-4-9(22-8)10-16-11(21-17-10)12(13,14)15/h3-4,7H,2,5-6H2,1H3. The molecule has 0 saturated carbocycles. The lowest BCUT2D eigenvalue weighted by Crippen LogP contribution is -2.28. The molecule has 1 aliphatic rings. The molecule has 126 valence electrons. The topological polar surface area (TPSA) is 76.3 Å². The maximum atomic E-state index is 12.5. The Kier molecular flexibility index (Phi) is 3.97. The molecule has 0 amide bonds. The van der Waals surface area contributed by atoms with Crippen LogP contribution in [0, 0.1) is 0 Å². The van der Waals surface area contributed by atoms with Crippen molar-refractivity contribution in [3.8, 4) is 10.7 Å². The van der Waals surface area contributed by atoms with Gasteiger partial charge in [0.15, 0.2) is 0 Å². The zero-order chi connectivity index (χ0) is 16.8. The summed E-state index contributed by atoms with van der Waals surface area (Å²) in [5, 5.41) is 3.32. The summed E-state index contributed by atoms with van der Waals surface area (Å²) < 4.78 is 66.9. The number of sulfonamides is 1. The summed E-state index contributed by atoms with van der Waals surface area (Å²) in [6.07, 6.45) is -4.12. The van der Waals surface area contributed by atoms with E-state index in [0.717, 1.165) is 11.3 Å². The number of nitrogens with zero attached hydrogens (tertiary/aromatic N) is 3. The van der Waals surface area contributed by atoms with Crippen LogP contribution < -0.4 is 0 Å². The highest BCUT2D eigenvalue weighted by atomic mass is 32.2. The Bertz CT molecular complexity index is 813. The van der Waals surface area contributed by atoms with Crippen LogP contribution in [-0.2, 0) is 16.2 Å². The Balaban J connectivity index is 1.85. The molecule has 0 N–H and O–H groups in total. The van der Waals surface area contributed by atoms with Crippen molar-refractivity contribution < 1.29 is 26.1 Å². The number of alkyl halides is 3. The Morgan fingerprint density at radius 1 is 1.39 bits per heavy atom. The molecule has 0 bridgehead atoms. The molecular formula is C12H12F3N3O3S2. The molecule has 1 fully saturated rings. The second-order valence-corrected chi connectivity index (χ2v) is 8.24. The highest BCUT2D eigenvalue weighted by molar-refractivity contribution is 7.89. The largest absolute Gasteiger partial charge is 0.471 e. The van der Waals surface area contributed by atoms with Crippen molar-refractivity contribution in [2.75, 3.05) is 12.3 Å². The molecule has 2 aromatic heterocycles. The summed E-state index contributed by atoms with van der Waals surface area (Å²) in [6, 6.07) is 2.85. The second kappa shape index (κ2) is 5.56. The lowest BCUT2D eigenvalue weighted by molar-refractivity contribution is -0.159. The van der Waals surface area contributed by atoms with Gasteiger partial charge in [-0.3, -0.25) is 0 Å². The van der Waals surface area contributed by atoms with E-state index in [0.29, 0.717) is 22.7 Å². The first-order chi connectivity index (χ1) is 10.7. The molecule has 11 heteroatoms. The SMILES string of the molecule is CC(c1ccc(-c2noc(C(F)(F)F)n2)s1)N1CCCS1(=O)=O. The van der Waals surface area contributed by atoms with Crippen molar-refractivity contribution in [2.24, 2.45) is 0 Å². The van der Waals surface area contributed by atoms with E-state index in [2.05, 4.69) is 14.7 Å². The van der Waals surface area contributed by atoms with Gasteiger partial charge in [-0.05, 0) is 25.5 Å². The smallest absolute Gasteiger partial charge is 0.329 e. The summed E-state index contributed by atoms with van der Waals surface area (Å²) >= 11 is 1.15. The zero-order valence-corrected chi connectivity index (χ0v) is 13.5. The van der Waals surface area contributed by atoms with Crippen LogP contribution in [0.15, 0.2) is 16.7 Å². The normalized spacial score (nSPS) is 20.0. The van der Waals surface area contributed by atoms with Gasteiger partial charge in [-0.25, -0.2) is 8.42 Å². The molecule has 0 aromatic carbocycles. The van der Waals surface area contributed by atoms with Crippen LogP contribution in [0.3, 0.4) is 0 Å². The van der Waals surface area contributed by atoms with Gasteiger partial charge in [0.1, 0.15) is 0 Å². The van der Waals surface area contributed by atoms with Crippen LogP contribution in [0.1, 0.15) is 30.2 Å². The van der Waals surface area contributed by atoms with Gasteiger partial charge in [-0.2, -0.15) is 22.5 Å². The molecule has 1 aliphatic heterocycles. The predicted octanol–water partition coefficient (Wildman–Crippen LogP) is 2.91. The lowest BCUT2D eigenvalue weighted by Gasteiger charge is -2.21. The number of aromatic nitrogens is 2. The van der Waals surface area contributed by atoms with Crippen LogP contribution in [0.2, 0.25) is 0 Å². The van der Waals surface area contributed by atoms with E-state index < -0.39 is 22.1 Å². The molecule has 0 spiro atoms. The van der Waals surface area contributed by atoms with Crippen molar-refractivity contribution in [1.82, 2.24) is 14.4 Å². The Labute approximate surface area is 134 Å². The average Bonchev–Trinajstić information content (AvgIpc) is 3.14. The van der Waals surface area contributed by atoms with E-state index in [1.165, 1.54) is 4.31 Å². The number of halogens is 3. The molecule has 2 aromatic rings. The van der Waals surface area contributed by atoms with Crippen LogP contribution in [0.5, 0.6) is 0 Å². The zero-order valence-electron chi connectivity index (χ0n) is 11.9. The summed E-state index contributed by atoms with van der Waals surface area (Å²) in [7, 11) is -3.26. The third kappa shape index (κ3) is 3.12. The lowest BCUT2D eigenvalue weighted by atomic mass is 10.2. The fraction of sp³-hybridized carbons (Fsp3) is 0.500. The van der Waals surface area contributed by atoms with Crippen LogP contribution in [0.25, 0.3) is 10.7 Å². The first-order valence-electron chi connectivity index (χ1n) is 6.69. The van der Waals surface area contributed by atoms with Gasteiger partial charge in [0.25, 0.3) is 0 Å². The Hall–Kier alpha value is -1.46. The first-order valence-corrected chi connectivity index (χ1v) is 9.11. The third-order valence-electron chi connectivity index (χ3n) is 3.50. The van der Waals surface area contributed by atoms with Gasteiger partial charge in [0, 0.05) is 11.4 Å². The summed E-state index contributed by atoms with van der Waals surface area (Å²) in [5.41, 5.74) is 0. The molecule has 1 unspecified atom stereocenters. The maximum absolute atomic E-state index is 12.5. The van der Waals surface area contributed by atoms with Crippen LogP contribution in [0.4, 0.5) is 13.2 Å². The number of hydrogen-bond acceptors (Lipinski definition) is 6. The molecule has 23 heavy (non-hydrogen) atoms. The van der Waals surface area contributed by atoms with Crippen molar-refractivity contribution in [2.45, 2.75) is 25.6 Å². The average molecular weight is 367 g/mol. The third-order valence-corrected chi connectivity index (χ3v) is 6.77. The minimum atomic E-state index is -4.69. The molecule has 1 atom stereocenters. The monoisotopic (exact) mass is 367 g/mol. The van der Waals surface area contributed by atoms with Crippen molar-refractivity contribution in [3.05, 3.63) is 22.9 Å². The van der Waals surface area contributed by atoms with Crippen LogP contribution in [-0.4, -0.2) is 35.2 Å². The van der Waals surface area contributed by atoms with E-state index in [1.54, 1.807) is 19.1 Å². The fourth-order valence-corrected chi connectivity index (χ4v) is 5.17. The van der Waals surface area contributed by atoms with E-state index in [-0.39, 0.29) is 17.6 Å². The molecule has 0 radical (unpaired) electrons. The fourth-order valence-electron chi connectivity index (χ4n) is 2.37. The van der Waals surface area contributed by atoms with E-state index in [4.69, 9.17) is 0 Å². The number of hydrogen-bond donors (Lipinski definition) is 0. The minimum Gasteiger partial charge on any atom is -0.329 e. The molecule has 1 saturated heterocycles. The van der Waals surface area contributed by atoms with Crippen molar-refractivity contribution in [3.63, 3.8) is 0 Å². The predicted molar refractivity (Wildman–Crippen MR) is 76.1 cm³/mol. The van der Waals surface area contributed by atoms with Gasteiger partial charge in [0.2, 0.25) is 15.8 Å². The van der Waals surface area contributed by atoms with Gasteiger partial charge >= 0.3 is 12.1 Å². The van der Waals surface area contributed by atoms with Crippen molar-refractivity contribution in [1.29, 1.82) is 0 Å².